The van der Waals surface area contributed by atoms with Gasteiger partial charge in [0.25, 0.3) is 0 Å². The highest BCUT2D eigenvalue weighted by Gasteiger charge is 2.14. The van der Waals surface area contributed by atoms with Crippen molar-refractivity contribution in [2.24, 2.45) is 0 Å². The first-order chi connectivity index (χ1) is 8.08. The number of aryl methyl sites for hydroxylation is 2. The highest BCUT2D eigenvalue weighted by atomic mass is 32.1. The van der Waals surface area contributed by atoms with Crippen molar-refractivity contribution >= 4 is 32.5 Å². The highest BCUT2D eigenvalue weighted by Crippen LogP contribution is 2.37. The number of thiophene rings is 1. The maximum Gasteiger partial charge on any atom is 0.0606 e. The standard InChI is InChI=1S/C15H17NS/c1-9(2)16-13-7-10(3)5-6-12(13)15-14(16)8-11(4)17-15/h5-9H,1-4H3. The maximum absolute atomic E-state index is 2.46. The van der Waals surface area contributed by atoms with Gasteiger partial charge in [0.15, 0.2) is 0 Å². The molecule has 2 heteroatoms. The Morgan fingerprint density at radius 3 is 2.53 bits per heavy atom. The molecular weight excluding hydrogens is 226 g/mol. The molecule has 2 aromatic heterocycles. The van der Waals surface area contributed by atoms with E-state index in [1.54, 1.807) is 0 Å². The van der Waals surface area contributed by atoms with Gasteiger partial charge in [0, 0.05) is 16.3 Å². The van der Waals surface area contributed by atoms with Crippen molar-refractivity contribution < 1.29 is 0 Å². The molecule has 2 heterocycles. The topological polar surface area (TPSA) is 4.93 Å². The second kappa shape index (κ2) is 3.61. The third-order valence-electron chi connectivity index (χ3n) is 3.27. The van der Waals surface area contributed by atoms with Gasteiger partial charge in [0.2, 0.25) is 0 Å². The van der Waals surface area contributed by atoms with Gasteiger partial charge in [-0.05, 0) is 45.4 Å². The second-order valence-electron chi connectivity index (χ2n) is 5.06. The van der Waals surface area contributed by atoms with E-state index in [0.29, 0.717) is 6.04 Å². The summed E-state index contributed by atoms with van der Waals surface area (Å²) >= 11 is 1.90. The summed E-state index contributed by atoms with van der Waals surface area (Å²) in [4.78, 5) is 1.40. The summed E-state index contributed by atoms with van der Waals surface area (Å²) in [6.45, 7) is 8.87. The van der Waals surface area contributed by atoms with Crippen molar-refractivity contribution in [3.05, 3.63) is 34.7 Å². The molecule has 0 spiro atoms. The lowest BCUT2D eigenvalue weighted by Crippen LogP contribution is -1.99. The molecule has 0 unspecified atom stereocenters. The molecule has 88 valence electrons. The number of hydrogen-bond donors (Lipinski definition) is 0. The van der Waals surface area contributed by atoms with Crippen LogP contribution in [-0.4, -0.2) is 4.57 Å². The minimum atomic E-state index is 0.505. The summed E-state index contributed by atoms with van der Waals surface area (Å²) in [5.41, 5.74) is 4.10. The SMILES string of the molecule is Cc1ccc2c3sc(C)cc3n(C(C)C)c2c1. The molecule has 0 aliphatic heterocycles. The molecule has 0 amide bonds. The number of aromatic nitrogens is 1. The molecule has 0 saturated heterocycles. The summed E-state index contributed by atoms with van der Waals surface area (Å²) in [6.07, 6.45) is 0. The van der Waals surface area contributed by atoms with Crippen LogP contribution in [0.4, 0.5) is 0 Å². The van der Waals surface area contributed by atoms with Gasteiger partial charge in [-0.1, -0.05) is 12.1 Å². The molecule has 3 aromatic rings. The van der Waals surface area contributed by atoms with Crippen LogP contribution in [0.25, 0.3) is 21.1 Å². The average molecular weight is 243 g/mol. The van der Waals surface area contributed by atoms with Gasteiger partial charge in [0.05, 0.1) is 15.7 Å². The van der Waals surface area contributed by atoms with Crippen LogP contribution in [0.5, 0.6) is 0 Å². The number of nitrogens with zero attached hydrogens (tertiary/aromatic N) is 1. The fourth-order valence-electron chi connectivity index (χ4n) is 2.59. The van der Waals surface area contributed by atoms with E-state index in [2.05, 4.69) is 56.5 Å². The summed E-state index contributed by atoms with van der Waals surface area (Å²) in [5, 5.41) is 1.40. The first-order valence-corrected chi connectivity index (χ1v) is 6.90. The Morgan fingerprint density at radius 2 is 1.82 bits per heavy atom. The lowest BCUT2D eigenvalue weighted by atomic mass is 10.2. The smallest absolute Gasteiger partial charge is 0.0606 e. The predicted molar refractivity (Wildman–Crippen MR) is 77.2 cm³/mol. The molecule has 0 fully saturated rings. The number of fused-ring (bicyclic) bond motifs is 3. The van der Waals surface area contributed by atoms with Crippen LogP contribution in [0.3, 0.4) is 0 Å². The van der Waals surface area contributed by atoms with E-state index in [-0.39, 0.29) is 0 Å². The molecule has 1 nitrogen and oxygen atoms in total. The van der Waals surface area contributed by atoms with E-state index in [0.717, 1.165) is 0 Å². The molecule has 17 heavy (non-hydrogen) atoms. The van der Waals surface area contributed by atoms with E-state index in [1.165, 1.54) is 31.6 Å². The van der Waals surface area contributed by atoms with Crippen molar-refractivity contribution in [1.29, 1.82) is 0 Å². The minimum Gasteiger partial charge on any atom is -0.337 e. The summed E-state index contributed by atoms with van der Waals surface area (Å²) in [5.74, 6) is 0. The minimum absolute atomic E-state index is 0.505. The zero-order valence-corrected chi connectivity index (χ0v) is 11.6. The summed E-state index contributed by atoms with van der Waals surface area (Å²) in [7, 11) is 0. The Labute approximate surface area is 106 Å². The molecule has 0 saturated carbocycles. The van der Waals surface area contributed by atoms with Crippen LogP contribution < -0.4 is 0 Å². The predicted octanol–water partition coefficient (Wildman–Crippen LogP) is 5.05. The third-order valence-corrected chi connectivity index (χ3v) is 4.34. The van der Waals surface area contributed by atoms with Crippen LogP contribution in [0.1, 0.15) is 30.3 Å². The summed E-state index contributed by atoms with van der Waals surface area (Å²) < 4.78 is 3.90. The van der Waals surface area contributed by atoms with Crippen LogP contribution in [-0.2, 0) is 0 Å². The van der Waals surface area contributed by atoms with E-state index >= 15 is 0 Å². The molecule has 0 aliphatic rings. The first-order valence-electron chi connectivity index (χ1n) is 6.08. The molecule has 0 aliphatic carbocycles. The molecule has 0 N–H and O–H groups in total. The zero-order chi connectivity index (χ0) is 12.2. The van der Waals surface area contributed by atoms with Gasteiger partial charge in [-0.25, -0.2) is 0 Å². The Kier molecular flexibility index (Phi) is 2.30. The van der Waals surface area contributed by atoms with Crippen molar-refractivity contribution in [3.8, 4) is 0 Å². The quantitative estimate of drug-likeness (QED) is 0.563. The Hall–Kier alpha value is -1.28. The van der Waals surface area contributed by atoms with E-state index in [4.69, 9.17) is 0 Å². The first kappa shape index (κ1) is 10.8. The Balaban J connectivity index is 2.54. The second-order valence-corrected chi connectivity index (χ2v) is 6.31. The van der Waals surface area contributed by atoms with Gasteiger partial charge in [-0.15, -0.1) is 11.3 Å². The van der Waals surface area contributed by atoms with Crippen LogP contribution in [0.2, 0.25) is 0 Å². The van der Waals surface area contributed by atoms with Gasteiger partial charge in [-0.3, -0.25) is 0 Å². The Bertz CT molecular complexity index is 700. The Morgan fingerprint density at radius 1 is 1.06 bits per heavy atom. The zero-order valence-electron chi connectivity index (χ0n) is 10.7. The van der Waals surface area contributed by atoms with Crippen molar-refractivity contribution in [2.45, 2.75) is 33.7 Å². The van der Waals surface area contributed by atoms with Gasteiger partial charge in [0.1, 0.15) is 0 Å². The van der Waals surface area contributed by atoms with Crippen molar-refractivity contribution in [2.75, 3.05) is 0 Å². The average Bonchev–Trinajstić information content (AvgIpc) is 2.71. The fraction of sp³-hybridized carbons (Fsp3) is 0.333. The van der Waals surface area contributed by atoms with E-state index < -0.39 is 0 Å². The van der Waals surface area contributed by atoms with Gasteiger partial charge < -0.3 is 4.57 Å². The largest absolute Gasteiger partial charge is 0.337 e. The molecular formula is C15H17NS. The molecule has 0 atom stereocenters. The highest BCUT2D eigenvalue weighted by molar-refractivity contribution is 7.20. The van der Waals surface area contributed by atoms with E-state index in [9.17, 15) is 0 Å². The third kappa shape index (κ3) is 1.51. The number of benzene rings is 1. The monoisotopic (exact) mass is 243 g/mol. The van der Waals surface area contributed by atoms with Crippen molar-refractivity contribution in [1.82, 2.24) is 4.57 Å². The molecule has 1 aromatic carbocycles. The number of rotatable bonds is 1. The lowest BCUT2D eigenvalue weighted by molar-refractivity contribution is 0.642. The molecule has 3 rings (SSSR count). The number of hydrogen-bond acceptors (Lipinski definition) is 1. The maximum atomic E-state index is 2.46. The van der Waals surface area contributed by atoms with Gasteiger partial charge in [-0.2, -0.15) is 0 Å². The summed E-state index contributed by atoms with van der Waals surface area (Å²) in [6, 6.07) is 9.60. The van der Waals surface area contributed by atoms with Gasteiger partial charge >= 0.3 is 0 Å². The van der Waals surface area contributed by atoms with Crippen LogP contribution in [0, 0.1) is 13.8 Å². The molecule has 0 radical (unpaired) electrons. The van der Waals surface area contributed by atoms with Crippen molar-refractivity contribution in [3.63, 3.8) is 0 Å². The molecule has 0 bridgehead atoms. The van der Waals surface area contributed by atoms with E-state index in [1.807, 2.05) is 11.3 Å². The fourth-order valence-corrected chi connectivity index (χ4v) is 3.63. The van der Waals surface area contributed by atoms with Crippen LogP contribution >= 0.6 is 11.3 Å². The normalized spacial score (nSPS) is 12.1. The lowest BCUT2D eigenvalue weighted by Gasteiger charge is -2.11. The van der Waals surface area contributed by atoms with Crippen LogP contribution in [0.15, 0.2) is 24.3 Å².